The monoisotopic (exact) mass is 468 g/mol. The van der Waals surface area contributed by atoms with E-state index in [1.165, 1.54) is 44.5 Å². The number of rotatable bonds is 6. The molecule has 0 fully saturated rings. The molecule has 0 saturated carbocycles. The number of benzene rings is 5. The zero-order chi connectivity index (χ0) is 25.1. The second-order valence-corrected chi connectivity index (χ2v) is 9.58. The van der Waals surface area contributed by atoms with Crippen LogP contribution in [0.15, 0.2) is 109 Å². The van der Waals surface area contributed by atoms with Gasteiger partial charge in [-0.05, 0) is 121 Å². The number of nitrogens with one attached hydrogen (secondary N) is 2. The van der Waals surface area contributed by atoms with Crippen LogP contribution in [0.1, 0.15) is 22.3 Å². The summed E-state index contributed by atoms with van der Waals surface area (Å²) in [7, 11) is 0. The Bertz CT molecular complexity index is 1360. The van der Waals surface area contributed by atoms with Gasteiger partial charge in [-0.3, -0.25) is 0 Å². The van der Waals surface area contributed by atoms with Gasteiger partial charge in [0.05, 0.1) is 0 Å². The predicted octanol–water partition coefficient (Wildman–Crippen LogP) is 9.74. The van der Waals surface area contributed by atoms with E-state index in [2.05, 4.69) is 148 Å². The fourth-order valence-electron chi connectivity index (χ4n) is 4.32. The molecule has 5 rings (SSSR count). The summed E-state index contributed by atoms with van der Waals surface area (Å²) in [6.45, 7) is 8.56. The first-order valence-corrected chi connectivity index (χ1v) is 12.4. The molecule has 178 valence electrons. The fourth-order valence-corrected chi connectivity index (χ4v) is 4.32. The van der Waals surface area contributed by atoms with Crippen molar-refractivity contribution in [1.29, 1.82) is 0 Å². The molecular formula is C34H32N2. The molecule has 0 aliphatic carbocycles. The molecule has 0 spiro atoms. The van der Waals surface area contributed by atoms with E-state index < -0.39 is 0 Å². The van der Waals surface area contributed by atoms with Crippen LogP contribution in [-0.2, 0) is 0 Å². The van der Waals surface area contributed by atoms with Crippen LogP contribution in [0.3, 0.4) is 0 Å². The van der Waals surface area contributed by atoms with E-state index in [0.717, 1.165) is 22.7 Å². The highest BCUT2D eigenvalue weighted by Crippen LogP contribution is 2.28. The molecule has 2 N–H and O–H groups in total. The van der Waals surface area contributed by atoms with Crippen molar-refractivity contribution in [2.75, 3.05) is 10.6 Å². The molecule has 5 aromatic carbocycles. The Morgan fingerprint density at radius 1 is 0.306 bits per heavy atom. The van der Waals surface area contributed by atoms with E-state index in [-0.39, 0.29) is 0 Å². The van der Waals surface area contributed by atoms with Crippen LogP contribution in [0.4, 0.5) is 22.7 Å². The summed E-state index contributed by atoms with van der Waals surface area (Å²) in [5, 5.41) is 7.00. The van der Waals surface area contributed by atoms with E-state index in [9.17, 15) is 0 Å². The van der Waals surface area contributed by atoms with Gasteiger partial charge in [-0.25, -0.2) is 0 Å². The van der Waals surface area contributed by atoms with Crippen LogP contribution >= 0.6 is 0 Å². The summed E-state index contributed by atoms with van der Waals surface area (Å²) in [6, 6.07) is 39.0. The van der Waals surface area contributed by atoms with Gasteiger partial charge in [-0.2, -0.15) is 0 Å². The lowest BCUT2D eigenvalue weighted by Crippen LogP contribution is -1.92. The van der Waals surface area contributed by atoms with E-state index in [1.807, 2.05) is 0 Å². The van der Waals surface area contributed by atoms with Gasteiger partial charge >= 0.3 is 0 Å². The number of aryl methyl sites for hydroxylation is 4. The van der Waals surface area contributed by atoms with Crippen molar-refractivity contribution in [1.82, 2.24) is 0 Å². The molecule has 0 amide bonds. The summed E-state index contributed by atoms with van der Waals surface area (Å²) in [6.07, 6.45) is 0. The lowest BCUT2D eigenvalue weighted by Gasteiger charge is -2.11. The van der Waals surface area contributed by atoms with Crippen LogP contribution in [0, 0.1) is 27.7 Å². The smallest absolute Gasteiger partial charge is 0.0387 e. The van der Waals surface area contributed by atoms with Crippen LogP contribution in [0.25, 0.3) is 22.3 Å². The molecule has 2 heteroatoms. The SMILES string of the molecule is Cc1ccc(Nc2ccc(-c3ccc(-c4ccc(Nc5ccc(C)c(C)c5)cc4)cc3)cc2)cc1C. The maximum atomic E-state index is 3.50. The summed E-state index contributed by atoms with van der Waals surface area (Å²) in [5.74, 6) is 0. The third kappa shape index (κ3) is 5.34. The van der Waals surface area contributed by atoms with Gasteiger partial charge in [0.15, 0.2) is 0 Å². The van der Waals surface area contributed by atoms with Gasteiger partial charge in [0.2, 0.25) is 0 Å². The number of hydrogen-bond acceptors (Lipinski definition) is 2. The van der Waals surface area contributed by atoms with Gasteiger partial charge in [0.1, 0.15) is 0 Å². The standard InChI is InChI=1S/C34H32N2/c1-23-5-15-33(21-25(23)3)35-31-17-11-29(12-18-31)27-7-9-28(10-8-27)30-13-19-32(20-14-30)36-34-16-6-24(2)26(4)22-34/h5-22,35-36H,1-4H3. The van der Waals surface area contributed by atoms with Crippen LogP contribution in [-0.4, -0.2) is 0 Å². The Hall–Kier alpha value is -4.30. The van der Waals surface area contributed by atoms with Gasteiger partial charge in [-0.15, -0.1) is 0 Å². The highest BCUT2D eigenvalue weighted by molar-refractivity contribution is 5.74. The van der Waals surface area contributed by atoms with Gasteiger partial charge < -0.3 is 10.6 Å². The normalized spacial score (nSPS) is 10.8. The average Bonchev–Trinajstić information content (AvgIpc) is 2.90. The minimum Gasteiger partial charge on any atom is -0.356 e. The first-order chi connectivity index (χ1) is 17.4. The fraction of sp³-hybridized carbons (Fsp3) is 0.118. The largest absolute Gasteiger partial charge is 0.356 e. The van der Waals surface area contributed by atoms with Crippen molar-refractivity contribution in [3.8, 4) is 22.3 Å². The molecular weight excluding hydrogens is 436 g/mol. The summed E-state index contributed by atoms with van der Waals surface area (Å²) in [5.41, 5.74) is 14.5. The lowest BCUT2D eigenvalue weighted by atomic mass is 10.00. The quantitative estimate of drug-likeness (QED) is 0.259. The molecule has 0 aliphatic heterocycles. The molecule has 0 aliphatic rings. The van der Waals surface area contributed by atoms with Gasteiger partial charge in [0.25, 0.3) is 0 Å². The Morgan fingerprint density at radius 2 is 0.583 bits per heavy atom. The third-order valence-electron chi connectivity index (χ3n) is 6.91. The van der Waals surface area contributed by atoms with Crippen LogP contribution < -0.4 is 10.6 Å². The second kappa shape index (κ2) is 10.1. The van der Waals surface area contributed by atoms with Crippen LogP contribution in [0.2, 0.25) is 0 Å². The molecule has 2 nitrogen and oxygen atoms in total. The molecule has 36 heavy (non-hydrogen) atoms. The molecule has 0 unspecified atom stereocenters. The molecule has 0 heterocycles. The molecule has 0 saturated heterocycles. The lowest BCUT2D eigenvalue weighted by molar-refractivity contribution is 1.34. The summed E-state index contributed by atoms with van der Waals surface area (Å²) >= 11 is 0. The summed E-state index contributed by atoms with van der Waals surface area (Å²) < 4.78 is 0. The van der Waals surface area contributed by atoms with Crippen LogP contribution in [0.5, 0.6) is 0 Å². The highest BCUT2D eigenvalue weighted by Gasteiger charge is 2.04. The summed E-state index contributed by atoms with van der Waals surface area (Å²) in [4.78, 5) is 0. The number of anilines is 4. The minimum absolute atomic E-state index is 1.09. The average molecular weight is 469 g/mol. The third-order valence-corrected chi connectivity index (χ3v) is 6.91. The van der Waals surface area contributed by atoms with Crippen molar-refractivity contribution >= 4 is 22.7 Å². The van der Waals surface area contributed by atoms with Crippen molar-refractivity contribution in [2.24, 2.45) is 0 Å². The minimum atomic E-state index is 1.09. The van der Waals surface area contributed by atoms with Gasteiger partial charge in [-0.1, -0.05) is 60.7 Å². The zero-order valence-electron chi connectivity index (χ0n) is 21.4. The first kappa shape index (κ1) is 23.4. The first-order valence-electron chi connectivity index (χ1n) is 12.4. The van der Waals surface area contributed by atoms with E-state index in [0.29, 0.717) is 0 Å². The van der Waals surface area contributed by atoms with Gasteiger partial charge in [0, 0.05) is 22.7 Å². The van der Waals surface area contributed by atoms with Crippen molar-refractivity contribution < 1.29 is 0 Å². The van der Waals surface area contributed by atoms with Crippen molar-refractivity contribution in [3.63, 3.8) is 0 Å². The van der Waals surface area contributed by atoms with E-state index in [4.69, 9.17) is 0 Å². The van der Waals surface area contributed by atoms with Crippen molar-refractivity contribution in [2.45, 2.75) is 27.7 Å². The Morgan fingerprint density at radius 3 is 0.889 bits per heavy atom. The molecule has 0 bridgehead atoms. The maximum Gasteiger partial charge on any atom is 0.0387 e. The van der Waals surface area contributed by atoms with Crippen molar-refractivity contribution in [3.05, 3.63) is 131 Å². The highest BCUT2D eigenvalue weighted by atomic mass is 14.9. The Kier molecular flexibility index (Phi) is 6.60. The van der Waals surface area contributed by atoms with E-state index in [1.54, 1.807) is 0 Å². The Labute approximate surface area is 214 Å². The molecule has 0 radical (unpaired) electrons. The molecule has 0 atom stereocenters. The predicted molar refractivity (Wildman–Crippen MR) is 156 cm³/mol. The second-order valence-electron chi connectivity index (χ2n) is 9.58. The topological polar surface area (TPSA) is 24.1 Å². The zero-order valence-corrected chi connectivity index (χ0v) is 21.4. The number of hydrogen-bond donors (Lipinski definition) is 2. The molecule has 0 aromatic heterocycles. The maximum absolute atomic E-state index is 3.50. The Balaban J connectivity index is 1.25. The van der Waals surface area contributed by atoms with E-state index >= 15 is 0 Å². The molecule has 5 aromatic rings.